The maximum Gasteiger partial charge on any atom is 0.472 e. The summed E-state index contributed by atoms with van der Waals surface area (Å²) in [6.45, 7) is 4.43. The Bertz CT molecular complexity index is 819. The van der Waals surface area contributed by atoms with Crippen LogP contribution in [0.5, 0.6) is 0 Å². The van der Waals surface area contributed by atoms with E-state index >= 15 is 0 Å². The Labute approximate surface area is 302 Å². The highest BCUT2D eigenvalue weighted by atomic mass is 31.2. The Morgan fingerprint density at radius 1 is 0.551 bits per heavy atom. The smallest absolute Gasteiger partial charge is 0.462 e. The van der Waals surface area contributed by atoms with Gasteiger partial charge in [0.1, 0.15) is 19.8 Å². The minimum Gasteiger partial charge on any atom is -0.462 e. The van der Waals surface area contributed by atoms with Crippen LogP contribution in [0.15, 0.2) is 0 Å². The van der Waals surface area contributed by atoms with Crippen molar-refractivity contribution < 1.29 is 42.1 Å². The van der Waals surface area contributed by atoms with E-state index in [0.29, 0.717) is 17.4 Å². The number of hydrogen-bond acceptors (Lipinski definition) is 7. The van der Waals surface area contributed by atoms with Gasteiger partial charge < -0.3 is 18.9 Å². The van der Waals surface area contributed by atoms with Crippen molar-refractivity contribution in [2.75, 3.05) is 47.5 Å². The molecule has 1 N–H and O–H groups in total. The van der Waals surface area contributed by atoms with Gasteiger partial charge in [-0.15, -0.1) is 0 Å². The molecule has 0 amide bonds. The molecule has 0 rings (SSSR count). The number of nitrogens with zero attached hydrogens (tertiary/aromatic N) is 1. The lowest BCUT2D eigenvalue weighted by Crippen LogP contribution is -2.37. The van der Waals surface area contributed by atoms with E-state index in [1.165, 1.54) is 122 Å². The molecular formula is C39H79NO8P+. The topological polar surface area (TPSA) is 108 Å². The van der Waals surface area contributed by atoms with Crippen LogP contribution < -0.4 is 0 Å². The van der Waals surface area contributed by atoms with Crippen molar-refractivity contribution in [3.8, 4) is 0 Å². The number of rotatable bonds is 37. The fraction of sp³-hybridized carbons (Fsp3) is 0.949. The Morgan fingerprint density at radius 2 is 0.918 bits per heavy atom. The van der Waals surface area contributed by atoms with Crippen LogP contribution in [0.4, 0.5) is 0 Å². The number of ether oxygens (including phenoxy) is 2. The molecular weight excluding hydrogens is 641 g/mol. The summed E-state index contributed by atoms with van der Waals surface area (Å²) >= 11 is 0. The van der Waals surface area contributed by atoms with E-state index in [-0.39, 0.29) is 25.6 Å². The van der Waals surface area contributed by atoms with Crippen molar-refractivity contribution in [1.29, 1.82) is 0 Å². The third-order valence-corrected chi connectivity index (χ3v) is 9.87. The maximum atomic E-state index is 12.6. The first-order valence-electron chi connectivity index (χ1n) is 20.3. The number of phosphoric acid groups is 1. The van der Waals surface area contributed by atoms with E-state index in [9.17, 15) is 19.0 Å². The number of unbranched alkanes of at least 4 members (excludes halogenated alkanes) is 23. The van der Waals surface area contributed by atoms with Crippen molar-refractivity contribution >= 4 is 19.8 Å². The summed E-state index contributed by atoms with van der Waals surface area (Å²) in [5.74, 6) is -0.789. The Kier molecular flexibility index (Phi) is 32.2. The van der Waals surface area contributed by atoms with Gasteiger partial charge in [0.25, 0.3) is 0 Å². The second kappa shape index (κ2) is 32.9. The molecule has 49 heavy (non-hydrogen) atoms. The quantitative estimate of drug-likeness (QED) is 0.0292. The fourth-order valence-electron chi connectivity index (χ4n) is 5.66. The van der Waals surface area contributed by atoms with Crippen LogP contribution in [0.1, 0.15) is 187 Å². The Morgan fingerprint density at radius 3 is 1.31 bits per heavy atom. The van der Waals surface area contributed by atoms with Crippen LogP contribution in [0.3, 0.4) is 0 Å². The SMILES string of the molecule is CCCCCCCCCCCCCCCCC(=O)O[C@H](COC(=O)CCCCCCCCCCCCC)COP(=O)(O)OCC[N+](C)(C)C. The lowest BCUT2D eigenvalue weighted by atomic mass is 10.0. The van der Waals surface area contributed by atoms with Gasteiger partial charge in [-0.1, -0.05) is 162 Å². The molecule has 0 radical (unpaired) electrons. The van der Waals surface area contributed by atoms with Crippen molar-refractivity contribution in [3.63, 3.8) is 0 Å². The summed E-state index contributed by atoms with van der Waals surface area (Å²) in [6, 6.07) is 0. The molecule has 0 heterocycles. The normalized spacial score (nSPS) is 13.7. The van der Waals surface area contributed by atoms with Crippen LogP contribution in [-0.2, 0) is 32.7 Å². The number of carbonyl (C=O) groups excluding carboxylic acids is 2. The van der Waals surface area contributed by atoms with Gasteiger partial charge in [-0.3, -0.25) is 18.6 Å². The van der Waals surface area contributed by atoms with Crippen LogP contribution >= 0.6 is 7.82 Å². The zero-order valence-electron chi connectivity index (χ0n) is 32.7. The molecule has 0 saturated carbocycles. The van der Waals surface area contributed by atoms with Crippen molar-refractivity contribution in [2.45, 2.75) is 193 Å². The van der Waals surface area contributed by atoms with Crippen LogP contribution in [0, 0.1) is 0 Å². The number of likely N-dealkylation sites (N-methyl/N-ethyl adjacent to an activating group) is 1. The fourth-order valence-corrected chi connectivity index (χ4v) is 6.40. The molecule has 0 bridgehead atoms. The van der Waals surface area contributed by atoms with E-state index in [1.54, 1.807) is 0 Å². The van der Waals surface area contributed by atoms with E-state index in [1.807, 2.05) is 21.1 Å². The molecule has 0 aliphatic rings. The number of esters is 2. The van der Waals surface area contributed by atoms with Gasteiger partial charge in [-0.25, -0.2) is 4.57 Å². The number of phosphoric ester groups is 1. The first-order chi connectivity index (χ1) is 23.5. The molecule has 0 aromatic carbocycles. The lowest BCUT2D eigenvalue weighted by molar-refractivity contribution is -0.870. The van der Waals surface area contributed by atoms with Gasteiger partial charge in [0.2, 0.25) is 0 Å². The van der Waals surface area contributed by atoms with Crippen molar-refractivity contribution in [3.05, 3.63) is 0 Å². The van der Waals surface area contributed by atoms with E-state index in [0.717, 1.165) is 38.5 Å². The third kappa shape index (κ3) is 36.6. The molecule has 9 nitrogen and oxygen atoms in total. The zero-order chi connectivity index (χ0) is 36.5. The van der Waals surface area contributed by atoms with E-state index in [4.69, 9.17) is 18.5 Å². The van der Waals surface area contributed by atoms with Gasteiger partial charge in [0.15, 0.2) is 6.10 Å². The molecule has 292 valence electrons. The van der Waals surface area contributed by atoms with Crippen molar-refractivity contribution in [1.82, 2.24) is 0 Å². The van der Waals surface area contributed by atoms with Gasteiger partial charge in [0.05, 0.1) is 27.7 Å². The first-order valence-corrected chi connectivity index (χ1v) is 21.8. The summed E-state index contributed by atoms with van der Waals surface area (Å²) in [5.41, 5.74) is 0. The average Bonchev–Trinajstić information content (AvgIpc) is 3.04. The summed E-state index contributed by atoms with van der Waals surface area (Å²) < 4.78 is 34.2. The Balaban J connectivity index is 4.38. The van der Waals surface area contributed by atoms with Crippen LogP contribution in [-0.4, -0.2) is 74.9 Å². The first kappa shape index (κ1) is 48.0. The number of hydrogen-bond donors (Lipinski definition) is 1. The second-order valence-electron chi connectivity index (χ2n) is 15.0. The minimum atomic E-state index is -4.36. The Hall–Kier alpha value is -0.990. The predicted molar refractivity (Wildman–Crippen MR) is 201 cm³/mol. The standard InChI is InChI=1S/C39H78NO8P/c1-6-8-10-12-14-16-18-19-20-22-24-26-28-30-32-39(42)48-37(36-47-49(43,44)46-34-33-40(3,4)5)35-45-38(41)31-29-27-25-23-21-17-15-13-11-9-7-2/h37H,6-36H2,1-5H3/p+1/t37-/m1/s1. The van der Waals surface area contributed by atoms with Gasteiger partial charge in [0, 0.05) is 12.8 Å². The monoisotopic (exact) mass is 721 g/mol. The molecule has 10 heteroatoms. The van der Waals surface area contributed by atoms with E-state index in [2.05, 4.69) is 13.8 Å². The van der Waals surface area contributed by atoms with E-state index < -0.39 is 26.5 Å². The summed E-state index contributed by atoms with van der Waals surface area (Å²) in [6.07, 6.45) is 30.0. The highest BCUT2D eigenvalue weighted by molar-refractivity contribution is 7.47. The largest absolute Gasteiger partial charge is 0.472 e. The van der Waals surface area contributed by atoms with Crippen LogP contribution in [0.25, 0.3) is 0 Å². The molecule has 0 fully saturated rings. The highest BCUT2D eigenvalue weighted by Gasteiger charge is 2.27. The highest BCUT2D eigenvalue weighted by Crippen LogP contribution is 2.43. The molecule has 0 aromatic heterocycles. The molecule has 0 aromatic rings. The second-order valence-corrected chi connectivity index (χ2v) is 16.5. The molecule has 1 unspecified atom stereocenters. The number of carbonyl (C=O) groups is 2. The summed E-state index contributed by atoms with van der Waals surface area (Å²) in [5, 5.41) is 0. The third-order valence-electron chi connectivity index (χ3n) is 8.89. The summed E-state index contributed by atoms with van der Waals surface area (Å²) in [7, 11) is 1.49. The molecule has 0 aliphatic heterocycles. The predicted octanol–water partition coefficient (Wildman–Crippen LogP) is 10.9. The zero-order valence-corrected chi connectivity index (χ0v) is 33.6. The molecule has 0 spiro atoms. The number of quaternary nitrogens is 1. The van der Waals surface area contributed by atoms with Gasteiger partial charge in [-0.05, 0) is 12.8 Å². The molecule has 0 aliphatic carbocycles. The molecule has 2 atom stereocenters. The van der Waals surface area contributed by atoms with Gasteiger partial charge >= 0.3 is 19.8 Å². The molecule has 0 saturated heterocycles. The maximum absolute atomic E-state index is 12.6. The average molecular weight is 721 g/mol. The lowest BCUT2D eigenvalue weighted by Gasteiger charge is -2.24. The minimum absolute atomic E-state index is 0.0365. The van der Waals surface area contributed by atoms with Gasteiger partial charge in [-0.2, -0.15) is 0 Å². The van der Waals surface area contributed by atoms with Crippen molar-refractivity contribution in [2.24, 2.45) is 0 Å². The summed E-state index contributed by atoms with van der Waals surface area (Å²) in [4.78, 5) is 35.2. The van der Waals surface area contributed by atoms with Crippen LogP contribution in [0.2, 0.25) is 0 Å².